The summed E-state index contributed by atoms with van der Waals surface area (Å²) in [6, 6.07) is 8.60. The summed E-state index contributed by atoms with van der Waals surface area (Å²) in [6.07, 6.45) is -1.05. The molecule has 136 valence electrons. The van der Waals surface area contributed by atoms with Crippen molar-refractivity contribution in [1.82, 2.24) is 4.98 Å². The maximum atomic E-state index is 12.8. The lowest BCUT2D eigenvalue weighted by molar-refractivity contribution is -0.137. The Morgan fingerprint density at radius 1 is 0.962 bits per heavy atom. The molecular weight excluding hydrogens is 383 g/mol. The number of thiophene rings is 1. The topological polar surface area (TPSA) is 30.0 Å². The van der Waals surface area contributed by atoms with Gasteiger partial charge >= 0.3 is 6.18 Å². The Labute approximate surface area is 159 Å². The van der Waals surface area contributed by atoms with Gasteiger partial charge in [0, 0.05) is 27.7 Å². The van der Waals surface area contributed by atoms with Crippen LogP contribution in [0.1, 0.15) is 28.4 Å². The minimum atomic E-state index is -4.38. The molecule has 1 aromatic carbocycles. The molecule has 26 heavy (non-hydrogen) atoms. The van der Waals surface area contributed by atoms with Crippen molar-refractivity contribution in [2.24, 2.45) is 0 Å². The number of halogens is 4. The fourth-order valence-corrected chi connectivity index (χ4v) is 4.10. The Kier molecular flexibility index (Phi) is 5.88. The van der Waals surface area contributed by atoms with E-state index in [0.29, 0.717) is 16.0 Å². The molecule has 3 rings (SSSR count). The number of benzene rings is 1. The maximum absolute atomic E-state index is 12.8. The zero-order valence-electron chi connectivity index (χ0n) is 13.9. The summed E-state index contributed by atoms with van der Waals surface area (Å²) >= 11 is 1.40. The molecule has 0 saturated heterocycles. The molecule has 0 spiro atoms. The average molecular weight is 398 g/mol. The van der Waals surface area contributed by atoms with Gasteiger partial charge in [-0.3, -0.25) is 9.78 Å². The number of aromatic nitrogens is 1. The summed E-state index contributed by atoms with van der Waals surface area (Å²) < 4.78 is 38.3. The molecule has 2 aromatic heterocycles. The van der Waals surface area contributed by atoms with Gasteiger partial charge in [-0.2, -0.15) is 13.2 Å². The quantitative estimate of drug-likeness (QED) is 0.477. The molecule has 0 aliphatic heterocycles. The minimum Gasteiger partial charge on any atom is -0.294 e. The lowest BCUT2D eigenvalue weighted by Crippen LogP contribution is -2.04. The van der Waals surface area contributed by atoms with E-state index in [-0.39, 0.29) is 18.2 Å². The number of ketones is 1. The zero-order valence-corrected chi connectivity index (χ0v) is 15.6. The summed E-state index contributed by atoms with van der Waals surface area (Å²) in [4.78, 5) is 17.7. The first-order valence-corrected chi connectivity index (χ1v) is 8.33. The van der Waals surface area contributed by atoms with E-state index in [2.05, 4.69) is 4.98 Å². The van der Waals surface area contributed by atoms with Gasteiger partial charge in [0.25, 0.3) is 0 Å². The van der Waals surface area contributed by atoms with E-state index in [4.69, 9.17) is 0 Å². The molecule has 2 heterocycles. The van der Waals surface area contributed by atoms with E-state index in [1.807, 2.05) is 19.1 Å². The maximum Gasteiger partial charge on any atom is 0.416 e. The van der Waals surface area contributed by atoms with Crippen molar-refractivity contribution in [2.75, 3.05) is 0 Å². The largest absolute Gasteiger partial charge is 0.416 e. The van der Waals surface area contributed by atoms with E-state index in [9.17, 15) is 18.0 Å². The highest BCUT2D eigenvalue weighted by Gasteiger charge is 2.30. The number of pyridine rings is 1. The van der Waals surface area contributed by atoms with Crippen LogP contribution < -0.4 is 0 Å². The van der Waals surface area contributed by atoms with Gasteiger partial charge < -0.3 is 0 Å². The highest BCUT2D eigenvalue weighted by molar-refractivity contribution is 7.19. The standard InChI is InChI=1S/C19H14F3NOS.ClH/c1-11-16(12(2)24)18(25-17(11)14-7-9-23-10-8-14)13-3-5-15(6-4-13)19(20,21)22;/h3-10H,1-2H3;1H. The van der Waals surface area contributed by atoms with Crippen LogP contribution in [0.2, 0.25) is 0 Å². The lowest BCUT2D eigenvalue weighted by atomic mass is 10.00. The smallest absolute Gasteiger partial charge is 0.294 e. The van der Waals surface area contributed by atoms with Crippen LogP contribution in [0.4, 0.5) is 13.2 Å². The molecule has 0 amide bonds. The van der Waals surface area contributed by atoms with Gasteiger partial charge in [-0.15, -0.1) is 23.7 Å². The Morgan fingerprint density at radius 3 is 2.00 bits per heavy atom. The number of alkyl halides is 3. The number of hydrogen-bond acceptors (Lipinski definition) is 3. The SMILES string of the molecule is CC(=O)c1c(-c2ccc(C(F)(F)F)cc2)sc(-c2ccncc2)c1C.Cl. The summed E-state index contributed by atoms with van der Waals surface area (Å²) in [5.74, 6) is -0.107. The zero-order chi connectivity index (χ0) is 18.2. The van der Waals surface area contributed by atoms with Crippen LogP contribution in [-0.2, 0) is 6.18 Å². The molecule has 3 aromatic rings. The van der Waals surface area contributed by atoms with Crippen molar-refractivity contribution in [3.05, 3.63) is 65.5 Å². The Morgan fingerprint density at radius 2 is 1.50 bits per heavy atom. The van der Waals surface area contributed by atoms with Crippen molar-refractivity contribution < 1.29 is 18.0 Å². The van der Waals surface area contributed by atoms with Crippen LogP contribution in [0, 0.1) is 6.92 Å². The van der Waals surface area contributed by atoms with E-state index in [1.54, 1.807) is 12.4 Å². The molecule has 0 unspecified atom stereocenters. The van der Waals surface area contributed by atoms with Gasteiger partial charge in [-0.1, -0.05) is 12.1 Å². The Balaban J connectivity index is 0.00000243. The number of nitrogens with zero attached hydrogens (tertiary/aromatic N) is 1. The Hall–Kier alpha value is -2.18. The molecule has 0 radical (unpaired) electrons. The summed E-state index contributed by atoms with van der Waals surface area (Å²) in [7, 11) is 0. The summed E-state index contributed by atoms with van der Waals surface area (Å²) in [5, 5.41) is 0. The third kappa shape index (κ3) is 3.81. The summed E-state index contributed by atoms with van der Waals surface area (Å²) in [5.41, 5.74) is 2.21. The fraction of sp³-hybridized carbons (Fsp3) is 0.158. The van der Waals surface area contributed by atoms with Crippen molar-refractivity contribution in [3.8, 4) is 20.9 Å². The monoisotopic (exact) mass is 397 g/mol. The molecule has 0 aliphatic carbocycles. The number of hydrogen-bond donors (Lipinski definition) is 0. The third-order valence-corrected chi connectivity index (χ3v) is 5.31. The van der Waals surface area contributed by atoms with Gasteiger partial charge in [0.2, 0.25) is 0 Å². The van der Waals surface area contributed by atoms with Crippen LogP contribution in [0.25, 0.3) is 20.9 Å². The van der Waals surface area contributed by atoms with Gasteiger partial charge in [-0.05, 0) is 54.8 Å². The van der Waals surface area contributed by atoms with Crippen LogP contribution in [0.3, 0.4) is 0 Å². The second-order valence-corrected chi connectivity index (χ2v) is 6.65. The average Bonchev–Trinajstić information content (AvgIpc) is 2.92. The molecule has 0 saturated carbocycles. The molecule has 0 aliphatic rings. The first-order valence-electron chi connectivity index (χ1n) is 7.51. The van der Waals surface area contributed by atoms with E-state index in [1.165, 1.54) is 30.4 Å². The Bertz CT molecular complexity index is 918. The first kappa shape index (κ1) is 20.1. The predicted octanol–water partition coefficient (Wildman–Crippen LogP) is 6.43. The van der Waals surface area contributed by atoms with Gasteiger partial charge in [-0.25, -0.2) is 0 Å². The molecule has 2 nitrogen and oxygen atoms in total. The van der Waals surface area contributed by atoms with Crippen molar-refractivity contribution in [2.45, 2.75) is 20.0 Å². The van der Waals surface area contributed by atoms with Crippen LogP contribution in [-0.4, -0.2) is 10.8 Å². The van der Waals surface area contributed by atoms with E-state index >= 15 is 0 Å². The molecular formula is C19H15ClF3NOS. The van der Waals surface area contributed by atoms with E-state index < -0.39 is 11.7 Å². The minimum absolute atomic E-state index is 0. The molecule has 7 heteroatoms. The highest BCUT2D eigenvalue weighted by Crippen LogP contribution is 2.42. The van der Waals surface area contributed by atoms with Crippen LogP contribution in [0.15, 0.2) is 48.8 Å². The third-order valence-electron chi connectivity index (χ3n) is 3.92. The number of rotatable bonds is 3. The van der Waals surface area contributed by atoms with Crippen LogP contribution in [0.5, 0.6) is 0 Å². The summed E-state index contributed by atoms with van der Waals surface area (Å²) in [6.45, 7) is 3.33. The predicted molar refractivity (Wildman–Crippen MR) is 100.0 cm³/mol. The molecule has 0 atom stereocenters. The van der Waals surface area contributed by atoms with Gasteiger partial charge in [0.05, 0.1) is 5.56 Å². The fourth-order valence-electron chi connectivity index (χ4n) is 2.73. The van der Waals surface area contributed by atoms with E-state index in [0.717, 1.165) is 28.1 Å². The number of Topliss-reactive ketones (excluding diaryl/α,β-unsaturated/α-hetero) is 1. The van der Waals surface area contributed by atoms with Crippen molar-refractivity contribution in [1.29, 1.82) is 0 Å². The normalized spacial score (nSPS) is 11.1. The first-order chi connectivity index (χ1) is 11.8. The molecule has 0 fully saturated rings. The van der Waals surface area contributed by atoms with Crippen molar-refractivity contribution in [3.63, 3.8) is 0 Å². The van der Waals surface area contributed by atoms with Crippen molar-refractivity contribution >= 4 is 29.5 Å². The molecule has 0 bridgehead atoms. The molecule has 0 N–H and O–H groups in total. The van der Waals surface area contributed by atoms with Gasteiger partial charge in [0.15, 0.2) is 5.78 Å². The number of carbonyl (C=O) groups excluding carboxylic acids is 1. The lowest BCUT2D eigenvalue weighted by Gasteiger charge is -2.07. The second-order valence-electron chi connectivity index (χ2n) is 5.63. The number of carbonyl (C=O) groups is 1. The van der Waals surface area contributed by atoms with Crippen LogP contribution >= 0.6 is 23.7 Å². The highest BCUT2D eigenvalue weighted by atomic mass is 35.5. The second kappa shape index (κ2) is 7.60. The van der Waals surface area contributed by atoms with Gasteiger partial charge in [0.1, 0.15) is 0 Å².